The van der Waals surface area contributed by atoms with Crippen molar-refractivity contribution in [3.8, 4) is 0 Å². The van der Waals surface area contributed by atoms with Gasteiger partial charge in [0.25, 0.3) is 0 Å². The lowest BCUT2D eigenvalue weighted by molar-refractivity contribution is 0.101. The van der Waals surface area contributed by atoms with Gasteiger partial charge < -0.3 is 0 Å². The molecule has 1 aromatic carbocycles. The molecule has 3 nitrogen and oxygen atoms in total. The summed E-state index contributed by atoms with van der Waals surface area (Å²) in [6.45, 7) is 3.57. The van der Waals surface area contributed by atoms with Crippen LogP contribution < -0.4 is 0 Å². The first-order valence-electron chi connectivity index (χ1n) is 4.54. The van der Waals surface area contributed by atoms with Gasteiger partial charge in [0.05, 0.1) is 5.52 Å². The minimum Gasteiger partial charge on any atom is -0.293 e. The lowest BCUT2D eigenvalue weighted by Crippen LogP contribution is -1.95. The highest BCUT2D eigenvalue weighted by molar-refractivity contribution is 6.04. The molecule has 2 aromatic rings. The van der Waals surface area contributed by atoms with Gasteiger partial charge >= 0.3 is 0 Å². The smallest absolute Gasteiger partial charge is 0.180 e. The van der Waals surface area contributed by atoms with Crippen LogP contribution in [0.5, 0.6) is 0 Å². The maximum absolute atomic E-state index is 11.3. The second-order valence-corrected chi connectivity index (χ2v) is 3.55. The summed E-state index contributed by atoms with van der Waals surface area (Å²) < 4.78 is 1.75. The molecule has 1 heterocycles. The molecule has 0 aliphatic carbocycles. The zero-order valence-corrected chi connectivity index (χ0v) is 8.53. The molecule has 72 valence electrons. The summed E-state index contributed by atoms with van der Waals surface area (Å²) in [6, 6.07) is 5.99. The van der Waals surface area contributed by atoms with Crippen molar-refractivity contribution in [2.75, 3.05) is 0 Å². The molecule has 0 atom stereocenters. The minimum absolute atomic E-state index is 0.0134. The third kappa shape index (κ3) is 1.21. The van der Waals surface area contributed by atoms with Gasteiger partial charge in [-0.25, -0.2) is 0 Å². The maximum atomic E-state index is 11.3. The fourth-order valence-corrected chi connectivity index (χ4v) is 1.63. The van der Waals surface area contributed by atoms with Gasteiger partial charge in [0.2, 0.25) is 0 Å². The largest absolute Gasteiger partial charge is 0.293 e. The van der Waals surface area contributed by atoms with Gasteiger partial charge in [-0.05, 0) is 18.6 Å². The number of Topliss-reactive ketones (excluding diaryl/α,β-unsaturated/α-hetero) is 1. The maximum Gasteiger partial charge on any atom is 0.180 e. The molecule has 0 unspecified atom stereocenters. The molecule has 0 radical (unpaired) electrons. The number of carbonyl (C=O) groups is 1. The first-order valence-corrected chi connectivity index (χ1v) is 4.54. The van der Waals surface area contributed by atoms with Crippen LogP contribution in [0.2, 0.25) is 0 Å². The molecule has 3 heteroatoms. The standard InChI is InChI=1S/C11H12N2O/c1-7-4-5-9-10(6-7)13(3)12-11(9)8(2)14/h4-6H,1-3H3. The van der Waals surface area contributed by atoms with Crippen molar-refractivity contribution in [1.29, 1.82) is 0 Å². The van der Waals surface area contributed by atoms with E-state index >= 15 is 0 Å². The summed E-state index contributed by atoms with van der Waals surface area (Å²) in [7, 11) is 1.86. The Kier molecular flexibility index (Phi) is 1.88. The monoisotopic (exact) mass is 188 g/mol. The molecule has 0 saturated heterocycles. The summed E-state index contributed by atoms with van der Waals surface area (Å²) in [5.74, 6) is 0.0134. The molecule has 0 N–H and O–H groups in total. The van der Waals surface area contributed by atoms with E-state index in [1.54, 1.807) is 11.6 Å². The Balaban J connectivity index is 2.84. The topological polar surface area (TPSA) is 34.9 Å². The summed E-state index contributed by atoms with van der Waals surface area (Å²) in [4.78, 5) is 11.3. The zero-order valence-electron chi connectivity index (χ0n) is 8.53. The van der Waals surface area contributed by atoms with Crippen LogP contribution in [0.4, 0.5) is 0 Å². The van der Waals surface area contributed by atoms with Gasteiger partial charge in [-0.15, -0.1) is 0 Å². The SMILES string of the molecule is CC(=O)c1nn(C)c2cc(C)ccc12. The van der Waals surface area contributed by atoms with Gasteiger partial charge in [0, 0.05) is 19.4 Å². The first kappa shape index (κ1) is 8.94. The van der Waals surface area contributed by atoms with Crippen LogP contribution in [0.1, 0.15) is 23.0 Å². The zero-order chi connectivity index (χ0) is 10.3. The van der Waals surface area contributed by atoms with Gasteiger partial charge in [0.15, 0.2) is 5.78 Å². The number of aryl methyl sites for hydroxylation is 2. The van der Waals surface area contributed by atoms with Crippen molar-refractivity contribution >= 4 is 16.7 Å². The number of benzene rings is 1. The number of hydrogen-bond donors (Lipinski definition) is 0. The Morgan fingerprint density at radius 2 is 2.14 bits per heavy atom. The highest BCUT2D eigenvalue weighted by Crippen LogP contribution is 2.19. The second kappa shape index (κ2) is 2.94. The molecule has 0 amide bonds. The Morgan fingerprint density at radius 1 is 1.43 bits per heavy atom. The van der Waals surface area contributed by atoms with Gasteiger partial charge in [-0.1, -0.05) is 12.1 Å². The van der Waals surface area contributed by atoms with E-state index in [-0.39, 0.29) is 5.78 Å². The molecule has 0 saturated carbocycles. The van der Waals surface area contributed by atoms with Gasteiger partial charge in [-0.2, -0.15) is 5.10 Å². The number of nitrogens with zero attached hydrogens (tertiary/aromatic N) is 2. The van der Waals surface area contributed by atoms with Crippen LogP contribution in [-0.2, 0) is 7.05 Å². The first-order chi connectivity index (χ1) is 6.59. The average Bonchev–Trinajstić information content (AvgIpc) is 2.44. The lowest BCUT2D eigenvalue weighted by Gasteiger charge is -1.95. The summed E-state index contributed by atoms with van der Waals surface area (Å²) in [5, 5.41) is 5.13. The van der Waals surface area contributed by atoms with E-state index in [4.69, 9.17) is 0 Å². The molecule has 0 aliphatic heterocycles. The lowest BCUT2D eigenvalue weighted by atomic mass is 10.1. The van der Waals surface area contributed by atoms with Crippen LogP contribution in [0.25, 0.3) is 10.9 Å². The molecule has 0 bridgehead atoms. The summed E-state index contributed by atoms with van der Waals surface area (Å²) in [5.41, 5.74) is 2.74. The molecular weight excluding hydrogens is 176 g/mol. The molecule has 2 rings (SSSR count). The van der Waals surface area contributed by atoms with Crippen molar-refractivity contribution in [3.63, 3.8) is 0 Å². The van der Waals surface area contributed by atoms with Crippen LogP contribution in [-0.4, -0.2) is 15.6 Å². The van der Waals surface area contributed by atoms with Gasteiger partial charge in [0.1, 0.15) is 5.69 Å². The van der Waals surface area contributed by atoms with E-state index in [1.165, 1.54) is 5.56 Å². The molecular formula is C11H12N2O. The Bertz CT molecular complexity index is 511. The quantitative estimate of drug-likeness (QED) is 0.642. The molecule has 0 spiro atoms. The van der Waals surface area contributed by atoms with Crippen LogP contribution in [0.3, 0.4) is 0 Å². The van der Waals surface area contributed by atoms with E-state index < -0.39 is 0 Å². The number of fused-ring (bicyclic) bond motifs is 1. The van der Waals surface area contributed by atoms with Crippen LogP contribution >= 0.6 is 0 Å². The minimum atomic E-state index is 0.0134. The van der Waals surface area contributed by atoms with E-state index in [1.807, 2.05) is 32.2 Å². The van der Waals surface area contributed by atoms with Crippen LogP contribution in [0, 0.1) is 6.92 Å². The molecule has 0 fully saturated rings. The highest BCUT2D eigenvalue weighted by Gasteiger charge is 2.11. The van der Waals surface area contributed by atoms with Gasteiger partial charge in [-0.3, -0.25) is 9.48 Å². The normalized spacial score (nSPS) is 10.8. The molecule has 0 aliphatic rings. The van der Waals surface area contributed by atoms with E-state index in [0.717, 1.165) is 10.9 Å². The van der Waals surface area contributed by atoms with Crippen molar-refractivity contribution in [2.45, 2.75) is 13.8 Å². The Labute approximate surface area is 82.3 Å². The number of ketones is 1. The third-order valence-corrected chi connectivity index (χ3v) is 2.34. The molecule has 14 heavy (non-hydrogen) atoms. The number of aromatic nitrogens is 2. The van der Waals surface area contributed by atoms with Crippen LogP contribution in [0.15, 0.2) is 18.2 Å². The fraction of sp³-hybridized carbons (Fsp3) is 0.273. The Hall–Kier alpha value is -1.64. The Morgan fingerprint density at radius 3 is 2.79 bits per heavy atom. The second-order valence-electron chi connectivity index (χ2n) is 3.55. The number of hydrogen-bond acceptors (Lipinski definition) is 2. The summed E-state index contributed by atoms with van der Waals surface area (Å²) in [6.07, 6.45) is 0. The van der Waals surface area contributed by atoms with E-state index in [9.17, 15) is 4.79 Å². The van der Waals surface area contributed by atoms with Crippen molar-refractivity contribution in [3.05, 3.63) is 29.5 Å². The molecule has 1 aromatic heterocycles. The average molecular weight is 188 g/mol. The summed E-state index contributed by atoms with van der Waals surface area (Å²) >= 11 is 0. The number of carbonyl (C=O) groups excluding carboxylic acids is 1. The predicted molar refractivity (Wildman–Crippen MR) is 55.5 cm³/mol. The van der Waals surface area contributed by atoms with E-state index in [2.05, 4.69) is 5.10 Å². The predicted octanol–water partition coefficient (Wildman–Crippen LogP) is 2.08. The van der Waals surface area contributed by atoms with Crippen molar-refractivity contribution in [2.24, 2.45) is 7.05 Å². The highest BCUT2D eigenvalue weighted by atomic mass is 16.1. The third-order valence-electron chi connectivity index (χ3n) is 2.34. The van der Waals surface area contributed by atoms with Crippen molar-refractivity contribution < 1.29 is 4.79 Å². The van der Waals surface area contributed by atoms with E-state index in [0.29, 0.717) is 5.69 Å². The van der Waals surface area contributed by atoms with Crippen molar-refractivity contribution in [1.82, 2.24) is 9.78 Å². The fourth-order valence-electron chi connectivity index (χ4n) is 1.63. The number of rotatable bonds is 1.